The van der Waals surface area contributed by atoms with Crippen molar-refractivity contribution in [3.8, 4) is 0 Å². The maximum Gasteiger partial charge on any atom is 0.326 e. The molecule has 0 unspecified atom stereocenters. The van der Waals surface area contributed by atoms with Gasteiger partial charge in [0.2, 0.25) is 5.91 Å². The number of rotatable bonds is 6. The zero-order valence-electron chi connectivity index (χ0n) is 10.9. The van der Waals surface area contributed by atoms with Gasteiger partial charge in [0, 0.05) is 6.08 Å². The maximum absolute atomic E-state index is 11.5. The summed E-state index contributed by atoms with van der Waals surface area (Å²) in [6, 6.07) is 5.95. The van der Waals surface area contributed by atoms with E-state index in [-0.39, 0.29) is 0 Å². The van der Waals surface area contributed by atoms with Crippen molar-refractivity contribution in [1.82, 2.24) is 5.32 Å². The zero-order chi connectivity index (χ0) is 15.1. The average Bonchev–Trinajstić information content (AvgIpc) is 2.35. The van der Waals surface area contributed by atoms with E-state index in [0.717, 1.165) is 11.1 Å². The molecule has 0 aliphatic heterocycles. The molecule has 3 N–H and O–H groups in total. The minimum atomic E-state index is -1.44. The number of nitrogens with one attached hydrogen (secondary N) is 1. The molecule has 0 aliphatic carbocycles. The van der Waals surface area contributed by atoms with E-state index in [2.05, 4.69) is 5.32 Å². The van der Waals surface area contributed by atoms with Gasteiger partial charge < -0.3 is 15.5 Å². The summed E-state index contributed by atoms with van der Waals surface area (Å²) in [5, 5.41) is 19.5. The Morgan fingerprint density at radius 2 is 2.00 bits per heavy atom. The number of aryl methyl sites for hydroxylation is 1. The first-order chi connectivity index (χ1) is 9.38. The van der Waals surface area contributed by atoms with Crippen molar-refractivity contribution in [3.05, 3.63) is 41.5 Å². The molecule has 0 fully saturated rings. The van der Waals surface area contributed by atoms with Gasteiger partial charge in [-0.3, -0.25) is 9.59 Å². The highest BCUT2D eigenvalue weighted by atomic mass is 16.4. The summed E-state index contributed by atoms with van der Waals surface area (Å²) in [7, 11) is 0. The molecule has 0 aromatic heterocycles. The topological polar surface area (TPSA) is 104 Å². The lowest BCUT2D eigenvalue weighted by Crippen LogP contribution is -2.41. The van der Waals surface area contributed by atoms with E-state index in [1.165, 1.54) is 12.2 Å². The van der Waals surface area contributed by atoms with Gasteiger partial charge in [-0.1, -0.05) is 29.8 Å². The Balaban J connectivity index is 2.66. The molecule has 6 heteroatoms. The number of carbonyl (C=O) groups excluding carboxylic acids is 1. The number of carbonyl (C=O) groups is 3. The molecule has 0 aliphatic rings. The summed E-state index contributed by atoms with van der Waals surface area (Å²) < 4.78 is 0. The number of aliphatic carboxylic acids is 2. The molecule has 1 amide bonds. The fraction of sp³-hybridized carbons (Fsp3) is 0.214. The fourth-order valence-corrected chi connectivity index (χ4v) is 1.54. The first-order valence-electron chi connectivity index (χ1n) is 5.88. The minimum absolute atomic E-state index is 0.653. The van der Waals surface area contributed by atoms with Gasteiger partial charge in [0.15, 0.2) is 0 Å². The Morgan fingerprint density at radius 1 is 1.30 bits per heavy atom. The van der Waals surface area contributed by atoms with Crippen LogP contribution >= 0.6 is 0 Å². The minimum Gasteiger partial charge on any atom is -0.481 e. The predicted molar refractivity (Wildman–Crippen MR) is 72.0 cm³/mol. The number of amides is 1. The summed E-state index contributed by atoms with van der Waals surface area (Å²) >= 11 is 0. The van der Waals surface area contributed by atoms with Gasteiger partial charge >= 0.3 is 11.9 Å². The van der Waals surface area contributed by atoms with Crippen LogP contribution < -0.4 is 5.32 Å². The predicted octanol–water partition coefficient (Wildman–Crippen LogP) is 1.05. The average molecular weight is 277 g/mol. The van der Waals surface area contributed by atoms with Crippen LogP contribution in [0.1, 0.15) is 17.5 Å². The largest absolute Gasteiger partial charge is 0.481 e. The van der Waals surface area contributed by atoms with Gasteiger partial charge in [0.1, 0.15) is 6.04 Å². The summed E-state index contributed by atoms with van der Waals surface area (Å²) in [6.07, 6.45) is 2.04. The van der Waals surface area contributed by atoms with Gasteiger partial charge in [-0.05, 0) is 18.6 Å². The fourth-order valence-electron chi connectivity index (χ4n) is 1.54. The summed E-state index contributed by atoms with van der Waals surface area (Å²) in [5.74, 6) is -3.33. The monoisotopic (exact) mass is 277 g/mol. The van der Waals surface area contributed by atoms with E-state index in [1.807, 2.05) is 25.1 Å². The van der Waals surface area contributed by atoms with Gasteiger partial charge in [0.25, 0.3) is 0 Å². The van der Waals surface area contributed by atoms with Crippen molar-refractivity contribution >= 4 is 23.9 Å². The van der Waals surface area contributed by atoms with Gasteiger partial charge in [-0.15, -0.1) is 0 Å². The molecule has 1 aromatic carbocycles. The molecule has 0 spiro atoms. The lowest BCUT2D eigenvalue weighted by atomic mass is 10.1. The van der Waals surface area contributed by atoms with Gasteiger partial charge in [0.05, 0.1) is 6.42 Å². The Hall–Kier alpha value is -2.63. The summed E-state index contributed by atoms with van der Waals surface area (Å²) in [6.45, 7) is 1.91. The number of carboxylic acids is 2. The molecule has 1 rings (SSSR count). The third-order valence-electron chi connectivity index (χ3n) is 2.46. The first kappa shape index (κ1) is 15.4. The molecule has 20 heavy (non-hydrogen) atoms. The zero-order valence-corrected chi connectivity index (χ0v) is 10.9. The molecule has 0 heterocycles. The van der Waals surface area contributed by atoms with E-state index in [4.69, 9.17) is 10.2 Å². The summed E-state index contributed by atoms with van der Waals surface area (Å²) in [5.41, 5.74) is 1.83. The smallest absolute Gasteiger partial charge is 0.326 e. The second-order valence-electron chi connectivity index (χ2n) is 4.24. The SMILES string of the molecule is Cc1cccc(/C=C/C(=O)N[C@@H](CC(=O)O)C(=O)O)c1. The van der Waals surface area contributed by atoms with Crippen LogP contribution in [0.5, 0.6) is 0 Å². The molecule has 0 radical (unpaired) electrons. The standard InChI is InChI=1S/C14H15NO5/c1-9-3-2-4-10(7-9)5-6-12(16)15-11(14(19)20)8-13(17)18/h2-7,11H,8H2,1H3,(H,15,16)(H,17,18)(H,19,20)/b6-5+/t11-/m0/s1. The molecule has 1 aromatic rings. The van der Waals surface area contributed by atoms with Crippen LogP contribution in [0.4, 0.5) is 0 Å². The van der Waals surface area contributed by atoms with Crippen molar-refractivity contribution < 1.29 is 24.6 Å². The van der Waals surface area contributed by atoms with Crippen LogP contribution in [0.25, 0.3) is 6.08 Å². The van der Waals surface area contributed by atoms with Crippen LogP contribution in [0.15, 0.2) is 30.3 Å². The quantitative estimate of drug-likeness (QED) is 0.674. The molecule has 0 bridgehead atoms. The van der Waals surface area contributed by atoms with Crippen molar-refractivity contribution in [3.63, 3.8) is 0 Å². The second-order valence-corrected chi connectivity index (χ2v) is 4.24. The van der Waals surface area contributed by atoms with E-state index in [0.29, 0.717) is 0 Å². The number of benzene rings is 1. The van der Waals surface area contributed by atoms with Gasteiger partial charge in [-0.2, -0.15) is 0 Å². The number of hydrogen-bond acceptors (Lipinski definition) is 3. The highest BCUT2D eigenvalue weighted by Gasteiger charge is 2.21. The highest BCUT2D eigenvalue weighted by molar-refractivity contribution is 5.95. The van der Waals surface area contributed by atoms with Gasteiger partial charge in [-0.25, -0.2) is 4.79 Å². The summed E-state index contributed by atoms with van der Waals surface area (Å²) in [4.78, 5) is 32.8. The Morgan fingerprint density at radius 3 is 2.55 bits per heavy atom. The van der Waals surface area contributed by atoms with Crippen molar-refractivity contribution in [2.24, 2.45) is 0 Å². The molecular weight excluding hydrogens is 262 g/mol. The molecule has 0 saturated carbocycles. The van der Waals surface area contributed by atoms with Crippen LogP contribution in [-0.2, 0) is 14.4 Å². The van der Waals surface area contributed by atoms with E-state index >= 15 is 0 Å². The van der Waals surface area contributed by atoms with Crippen molar-refractivity contribution in [2.45, 2.75) is 19.4 Å². The van der Waals surface area contributed by atoms with Crippen molar-refractivity contribution in [2.75, 3.05) is 0 Å². The highest BCUT2D eigenvalue weighted by Crippen LogP contribution is 2.05. The lowest BCUT2D eigenvalue weighted by molar-refractivity contribution is -0.146. The Kier molecular flexibility index (Phi) is 5.46. The molecule has 1 atom stereocenters. The third kappa shape index (κ3) is 5.34. The first-order valence-corrected chi connectivity index (χ1v) is 5.88. The molecule has 0 saturated heterocycles. The second kappa shape index (κ2) is 7.08. The lowest BCUT2D eigenvalue weighted by Gasteiger charge is -2.10. The van der Waals surface area contributed by atoms with E-state index in [9.17, 15) is 14.4 Å². The van der Waals surface area contributed by atoms with Crippen LogP contribution in [0.3, 0.4) is 0 Å². The maximum atomic E-state index is 11.5. The Labute approximate surface area is 115 Å². The van der Waals surface area contributed by atoms with Crippen molar-refractivity contribution in [1.29, 1.82) is 0 Å². The molecule has 106 valence electrons. The molecule has 6 nitrogen and oxygen atoms in total. The number of hydrogen-bond donors (Lipinski definition) is 3. The van der Waals surface area contributed by atoms with E-state index in [1.54, 1.807) is 6.07 Å². The number of carboxylic acid groups (broad SMARTS) is 2. The van der Waals surface area contributed by atoms with Crippen LogP contribution in [0.2, 0.25) is 0 Å². The molecular formula is C14H15NO5. The Bertz CT molecular complexity index is 550. The van der Waals surface area contributed by atoms with Crippen LogP contribution in [0, 0.1) is 6.92 Å². The van der Waals surface area contributed by atoms with Crippen LogP contribution in [-0.4, -0.2) is 34.1 Å². The normalized spacial score (nSPS) is 12.1. The third-order valence-corrected chi connectivity index (χ3v) is 2.46. The van der Waals surface area contributed by atoms with E-state index < -0.39 is 30.3 Å².